The lowest BCUT2D eigenvalue weighted by Crippen LogP contribution is -2.25. The van der Waals surface area contributed by atoms with Gasteiger partial charge in [0.05, 0.1) is 5.56 Å². The van der Waals surface area contributed by atoms with E-state index in [1.165, 1.54) is 4.90 Å². The van der Waals surface area contributed by atoms with Crippen LogP contribution in [0.25, 0.3) is 0 Å². The molecule has 1 N–H and O–H groups in total. The number of carbonyl (C=O) groups is 1. The Kier molecular flexibility index (Phi) is 5.75. The predicted molar refractivity (Wildman–Crippen MR) is 80.5 cm³/mol. The summed E-state index contributed by atoms with van der Waals surface area (Å²) < 4.78 is 26.1. The number of hydrogen-bond acceptors (Lipinski definition) is 2. The lowest BCUT2D eigenvalue weighted by atomic mass is 10.2. The SMILES string of the molecule is O=C(NCCCSc1ccccc1)c1ccc(F)cc1F. The summed E-state index contributed by atoms with van der Waals surface area (Å²) in [7, 11) is 0. The van der Waals surface area contributed by atoms with Crippen LogP contribution >= 0.6 is 11.8 Å². The Bertz CT molecular complexity index is 604. The van der Waals surface area contributed by atoms with Crippen molar-refractivity contribution in [1.82, 2.24) is 5.32 Å². The van der Waals surface area contributed by atoms with Gasteiger partial charge in [-0.3, -0.25) is 4.79 Å². The normalized spacial score (nSPS) is 10.4. The Morgan fingerprint density at radius 2 is 1.86 bits per heavy atom. The quantitative estimate of drug-likeness (QED) is 0.648. The summed E-state index contributed by atoms with van der Waals surface area (Å²) in [5, 5.41) is 2.63. The highest BCUT2D eigenvalue weighted by Gasteiger charge is 2.11. The molecular formula is C16H15F2NOS. The van der Waals surface area contributed by atoms with Gasteiger partial charge in [-0.25, -0.2) is 8.78 Å². The first-order valence-electron chi connectivity index (χ1n) is 6.58. The van der Waals surface area contributed by atoms with Gasteiger partial charge in [0.2, 0.25) is 0 Å². The maximum absolute atomic E-state index is 13.4. The summed E-state index contributed by atoms with van der Waals surface area (Å²) in [6, 6.07) is 12.9. The van der Waals surface area contributed by atoms with Crippen LogP contribution in [-0.2, 0) is 0 Å². The zero-order chi connectivity index (χ0) is 15.1. The van der Waals surface area contributed by atoms with Gasteiger partial charge in [-0.2, -0.15) is 0 Å². The maximum Gasteiger partial charge on any atom is 0.254 e. The average molecular weight is 307 g/mol. The number of rotatable bonds is 6. The number of halogens is 2. The molecule has 2 aromatic rings. The summed E-state index contributed by atoms with van der Waals surface area (Å²) >= 11 is 1.70. The molecule has 0 aromatic heterocycles. The fraction of sp³-hybridized carbons (Fsp3) is 0.188. The molecule has 0 unspecified atom stereocenters. The minimum Gasteiger partial charge on any atom is -0.352 e. The summed E-state index contributed by atoms with van der Waals surface area (Å²) in [5.74, 6) is -1.19. The molecule has 0 radical (unpaired) electrons. The Morgan fingerprint density at radius 1 is 1.10 bits per heavy atom. The number of hydrogen-bond donors (Lipinski definition) is 1. The maximum atomic E-state index is 13.4. The van der Waals surface area contributed by atoms with E-state index in [1.54, 1.807) is 11.8 Å². The van der Waals surface area contributed by atoms with Gasteiger partial charge in [-0.05, 0) is 36.4 Å². The van der Waals surface area contributed by atoms with Crippen molar-refractivity contribution in [3.63, 3.8) is 0 Å². The minimum atomic E-state index is -0.842. The van der Waals surface area contributed by atoms with Gasteiger partial charge in [-0.1, -0.05) is 18.2 Å². The molecule has 0 bridgehead atoms. The van der Waals surface area contributed by atoms with Crippen molar-refractivity contribution >= 4 is 17.7 Å². The Labute approximate surface area is 126 Å². The van der Waals surface area contributed by atoms with Crippen LogP contribution in [0.2, 0.25) is 0 Å². The third-order valence-corrected chi connectivity index (χ3v) is 3.89. The monoisotopic (exact) mass is 307 g/mol. The van der Waals surface area contributed by atoms with Gasteiger partial charge in [-0.15, -0.1) is 11.8 Å². The molecule has 0 aliphatic heterocycles. The summed E-state index contributed by atoms with van der Waals surface area (Å²) in [5.41, 5.74) is -0.132. The minimum absolute atomic E-state index is 0.132. The smallest absolute Gasteiger partial charge is 0.254 e. The molecule has 2 rings (SSSR count). The molecule has 0 aliphatic carbocycles. The van der Waals surface area contributed by atoms with Crippen LogP contribution in [0.3, 0.4) is 0 Å². The molecule has 0 fully saturated rings. The van der Waals surface area contributed by atoms with Crippen LogP contribution in [0, 0.1) is 11.6 Å². The van der Waals surface area contributed by atoms with E-state index in [-0.39, 0.29) is 5.56 Å². The molecule has 0 heterocycles. The molecule has 21 heavy (non-hydrogen) atoms. The van der Waals surface area contributed by atoms with Crippen molar-refractivity contribution in [3.8, 4) is 0 Å². The van der Waals surface area contributed by atoms with E-state index < -0.39 is 17.5 Å². The van der Waals surface area contributed by atoms with E-state index in [4.69, 9.17) is 0 Å². The fourth-order valence-corrected chi connectivity index (χ4v) is 2.62. The number of nitrogens with one attached hydrogen (secondary N) is 1. The van der Waals surface area contributed by atoms with E-state index in [2.05, 4.69) is 5.32 Å². The van der Waals surface area contributed by atoms with E-state index >= 15 is 0 Å². The highest BCUT2D eigenvalue weighted by atomic mass is 32.2. The highest BCUT2D eigenvalue weighted by molar-refractivity contribution is 7.99. The number of amides is 1. The van der Waals surface area contributed by atoms with Gasteiger partial charge in [0, 0.05) is 17.5 Å². The number of benzene rings is 2. The van der Waals surface area contributed by atoms with E-state index in [0.29, 0.717) is 12.6 Å². The first-order chi connectivity index (χ1) is 10.2. The Morgan fingerprint density at radius 3 is 2.57 bits per heavy atom. The average Bonchev–Trinajstić information content (AvgIpc) is 2.47. The van der Waals surface area contributed by atoms with Gasteiger partial charge in [0.15, 0.2) is 0 Å². The molecule has 110 valence electrons. The van der Waals surface area contributed by atoms with Crippen molar-refractivity contribution in [2.75, 3.05) is 12.3 Å². The van der Waals surface area contributed by atoms with E-state index in [9.17, 15) is 13.6 Å². The molecule has 0 atom stereocenters. The lowest BCUT2D eigenvalue weighted by Gasteiger charge is -2.06. The molecule has 0 spiro atoms. The van der Waals surface area contributed by atoms with Gasteiger partial charge < -0.3 is 5.32 Å². The standard InChI is InChI=1S/C16H15F2NOS/c17-12-7-8-14(15(18)11-12)16(20)19-9-4-10-21-13-5-2-1-3-6-13/h1-3,5-8,11H,4,9-10H2,(H,19,20). The van der Waals surface area contributed by atoms with Crippen LogP contribution < -0.4 is 5.32 Å². The van der Waals surface area contributed by atoms with Gasteiger partial charge >= 0.3 is 0 Å². The Balaban J connectivity index is 1.72. The third-order valence-electron chi connectivity index (χ3n) is 2.79. The van der Waals surface area contributed by atoms with Crippen molar-refractivity contribution in [1.29, 1.82) is 0 Å². The lowest BCUT2D eigenvalue weighted by molar-refractivity contribution is 0.0949. The second kappa shape index (κ2) is 7.78. The fourth-order valence-electron chi connectivity index (χ4n) is 1.75. The van der Waals surface area contributed by atoms with Crippen molar-refractivity contribution in [2.45, 2.75) is 11.3 Å². The Hall–Kier alpha value is -1.88. The van der Waals surface area contributed by atoms with Crippen molar-refractivity contribution < 1.29 is 13.6 Å². The second-order valence-corrected chi connectivity index (χ2v) is 5.56. The van der Waals surface area contributed by atoms with Crippen molar-refractivity contribution in [2.24, 2.45) is 0 Å². The van der Waals surface area contributed by atoms with Crippen molar-refractivity contribution in [3.05, 3.63) is 65.7 Å². The van der Waals surface area contributed by atoms with Gasteiger partial charge in [0.25, 0.3) is 5.91 Å². The zero-order valence-corrected chi connectivity index (χ0v) is 12.1. The third kappa shape index (κ3) is 4.86. The van der Waals surface area contributed by atoms with Crippen LogP contribution in [0.4, 0.5) is 8.78 Å². The first-order valence-corrected chi connectivity index (χ1v) is 7.56. The zero-order valence-electron chi connectivity index (χ0n) is 11.3. The summed E-state index contributed by atoms with van der Waals surface area (Å²) in [6.45, 7) is 0.454. The molecular weight excluding hydrogens is 292 g/mol. The molecule has 2 nitrogen and oxygen atoms in total. The van der Waals surface area contributed by atoms with Crippen LogP contribution in [0.15, 0.2) is 53.4 Å². The van der Waals surface area contributed by atoms with E-state index in [0.717, 1.165) is 24.3 Å². The topological polar surface area (TPSA) is 29.1 Å². The molecule has 0 saturated carbocycles. The highest BCUT2D eigenvalue weighted by Crippen LogP contribution is 2.17. The van der Waals surface area contributed by atoms with Crippen LogP contribution in [0.1, 0.15) is 16.8 Å². The van der Waals surface area contributed by atoms with Crippen LogP contribution in [0.5, 0.6) is 0 Å². The van der Waals surface area contributed by atoms with E-state index in [1.807, 2.05) is 30.3 Å². The summed E-state index contributed by atoms with van der Waals surface area (Å²) in [4.78, 5) is 12.9. The molecule has 5 heteroatoms. The first kappa shape index (κ1) is 15.5. The largest absolute Gasteiger partial charge is 0.352 e. The number of carbonyl (C=O) groups excluding carboxylic acids is 1. The van der Waals surface area contributed by atoms with Crippen LogP contribution in [-0.4, -0.2) is 18.2 Å². The second-order valence-electron chi connectivity index (χ2n) is 4.40. The van der Waals surface area contributed by atoms with Gasteiger partial charge in [0.1, 0.15) is 11.6 Å². The molecule has 2 aromatic carbocycles. The molecule has 0 aliphatic rings. The number of thioether (sulfide) groups is 1. The summed E-state index contributed by atoms with van der Waals surface area (Å²) in [6.07, 6.45) is 0.772. The molecule has 0 saturated heterocycles. The molecule has 1 amide bonds. The predicted octanol–water partition coefficient (Wildman–Crippen LogP) is 3.88.